The lowest BCUT2D eigenvalue weighted by molar-refractivity contribution is -0.141. The third-order valence-electron chi connectivity index (χ3n) is 3.60. The van der Waals surface area contributed by atoms with Gasteiger partial charge in [-0.25, -0.2) is 4.39 Å². The topological polar surface area (TPSA) is 26.3 Å². The largest absolute Gasteiger partial charge is 0.460 e. The molecule has 0 aliphatic rings. The van der Waals surface area contributed by atoms with Crippen LogP contribution in [0.3, 0.4) is 0 Å². The summed E-state index contributed by atoms with van der Waals surface area (Å²) in [5.41, 5.74) is 0.177. The summed E-state index contributed by atoms with van der Waals surface area (Å²) in [6.07, 6.45) is 0. The van der Waals surface area contributed by atoms with Crippen LogP contribution in [0.4, 0.5) is 4.39 Å². The van der Waals surface area contributed by atoms with E-state index < -0.39 is 11.8 Å². The number of halogens is 3. The molecule has 0 atom stereocenters. The van der Waals surface area contributed by atoms with Crippen LogP contribution in [0.2, 0.25) is 10.0 Å². The Hall–Kier alpha value is -1.75. The summed E-state index contributed by atoms with van der Waals surface area (Å²) in [5.74, 6) is -0.849. The second-order valence-electron chi connectivity index (χ2n) is 5.24. The Kier molecular flexibility index (Phi) is 5.84. The van der Waals surface area contributed by atoms with Crippen molar-refractivity contribution < 1.29 is 13.9 Å². The van der Waals surface area contributed by atoms with Crippen molar-refractivity contribution in [3.8, 4) is 0 Å². The van der Waals surface area contributed by atoms with Crippen LogP contribution < -0.4 is 0 Å². The lowest BCUT2D eigenvalue weighted by Gasteiger charge is -2.09. The molecule has 0 fully saturated rings. The molecule has 0 aliphatic heterocycles. The lowest BCUT2D eigenvalue weighted by Crippen LogP contribution is -2.08. The molecule has 3 aromatic rings. The summed E-state index contributed by atoms with van der Waals surface area (Å²) in [4.78, 5) is 12.9. The Morgan fingerprint density at radius 3 is 2.44 bits per heavy atom. The predicted octanol–water partition coefficient (Wildman–Crippen LogP) is 6.12. The smallest absolute Gasteiger partial charge is 0.316 e. The molecule has 0 aliphatic carbocycles. The Balaban J connectivity index is 1.65. The molecule has 128 valence electrons. The number of rotatable bonds is 5. The maximum atomic E-state index is 13.7. The molecule has 3 rings (SSSR count). The van der Waals surface area contributed by atoms with Crippen molar-refractivity contribution in [2.75, 3.05) is 5.75 Å². The number of thioether (sulfide) groups is 1. The molecule has 0 aromatic heterocycles. The number of fused-ring (bicyclic) bond motifs is 1. The first kappa shape index (κ1) is 18.1. The van der Waals surface area contributed by atoms with Gasteiger partial charge in [0.15, 0.2) is 0 Å². The van der Waals surface area contributed by atoms with E-state index in [0.717, 1.165) is 15.7 Å². The van der Waals surface area contributed by atoms with Gasteiger partial charge >= 0.3 is 5.97 Å². The van der Waals surface area contributed by atoms with Crippen molar-refractivity contribution in [2.24, 2.45) is 0 Å². The van der Waals surface area contributed by atoms with E-state index in [-0.39, 0.29) is 22.9 Å². The SMILES string of the molecule is O=C(CSc1cccc2cccc(Cl)c12)OCc1c(F)cccc1Cl. The van der Waals surface area contributed by atoms with Crippen LogP contribution in [0.25, 0.3) is 10.8 Å². The molecule has 0 unspecified atom stereocenters. The van der Waals surface area contributed by atoms with Gasteiger partial charge in [0, 0.05) is 20.9 Å². The zero-order chi connectivity index (χ0) is 17.8. The van der Waals surface area contributed by atoms with Gasteiger partial charge in [-0.1, -0.05) is 53.5 Å². The zero-order valence-electron chi connectivity index (χ0n) is 13.0. The monoisotopic (exact) mass is 394 g/mol. The average Bonchev–Trinajstić information content (AvgIpc) is 2.59. The molecule has 0 saturated carbocycles. The first-order valence-corrected chi connectivity index (χ1v) is 9.19. The van der Waals surface area contributed by atoms with Crippen molar-refractivity contribution in [3.63, 3.8) is 0 Å². The molecule has 0 heterocycles. The molecule has 0 amide bonds. The van der Waals surface area contributed by atoms with Crippen LogP contribution in [0.15, 0.2) is 59.5 Å². The van der Waals surface area contributed by atoms with E-state index >= 15 is 0 Å². The first-order chi connectivity index (χ1) is 12.1. The van der Waals surface area contributed by atoms with Crippen molar-refractivity contribution in [1.29, 1.82) is 0 Å². The Morgan fingerprint density at radius 1 is 1.00 bits per heavy atom. The molecule has 25 heavy (non-hydrogen) atoms. The van der Waals surface area contributed by atoms with Gasteiger partial charge in [0.05, 0.1) is 10.8 Å². The molecule has 2 nitrogen and oxygen atoms in total. The summed E-state index contributed by atoms with van der Waals surface area (Å²) in [7, 11) is 0. The highest BCUT2D eigenvalue weighted by molar-refractivity contribution is 8.00. The van der Waals surface area contributed by atoms with Crippen molar-refractivity contribution in [2.45, 2.75) is 11.5 Å². The Bertz CT molecular complexity index is 905. The second kappa shape index (κ2) is 8.09. The molecule has 6 heteroatoms. The highest BCUT2D eigenvalue weighted by Crippen LogP contribution is 2.33. The van der Waals surface area contributed by atoms with Gasteiger partial charge < -0.3 is 4.74 Å². The molecule has 0 saturated heterocycles. The second-order valence-corrected chi connectivity index (χ2v) is 7.08. The van der Waals surface area contributed by atoms with E-state index in [1.807, 2.05) is 36.4 Å². The fourth-order valence-corrected chi connectivity index (χ4v) is 3.84. The normalized spacial score (nSPS) is 10.8. The van der Waals surface area contributed by atoms with E-state index in [1.54, 1.807) is 6.07 Å². The maximum absolute atomic E-state index is 13.7. The fraction of sp³-hybridized carbons (Fsp3) is 0.105. The van der Waals surface area contributed by atoms with Crippen LogP contribution in [-0.4, -0.2) is 11.7 Å². The highest BCUT2D eigenvalue weighted by Gasteiger charge is 2.12. The molecular weight excluding hydrogens is 382 g/mol. The van der Waals surface area contributed by atoms with Crippen LogP contribution in [0, 0.1) is 5.82 Å². The van der Waals surface area contributed by atoms with Gasteiger partial charge in [-0.3, -0.25) is 4.79 Å². The number of ether oxygens (including phenoxy) is 1. The van der Waals surface area contributed by atoms with Gasteiger partial charge in [0.2, 0.25) is 0 Å². The maximum Gasteiger partial charge on any atom is 0.316 e. The van der Waals surface area contributed by atoms with Gasteiger partial charge in [0.1, 0.15) is 12.4 Å². The third-order valence-corrected chi connectivity index (χ3v) is 5.30. The number of benzene rings is 3. The summed E-state index contributed by atoms with van der Waals surface area (Å²) in [6.45, 7) is -0.193. The summed E-state index contributed by atoms with van der Waals surface area (Å²) >= 11 is 13.5. The third kappa shape index (κ3) is 4.27. The minimum atomic E-state index is -0.492. The lowest BCUT2D eigenvalue weighted by atomic mass is 10.1. The van der Waals surface area contributed by atoms with E-state index in [2.05, 4.69) is 0 Å². The van der Waals surface area contributed by atoms with Crippen LogP contribution in [0.5, 0.6) is 0 Å². The number of esters is 1. The number of carbonyl (C=O) groups excluding carboxylic acids is 1. The first-order valence-electron chi connectivity index (χ1n) is 7.45. The molecule has 0 N–H and O–H groups in total. The minimum absolute atomic E-state index is 0.0937. The quantitative estimate of drug-likeness (QED) is 0.385. The van der Waals surface area contributed by atoms with Gasteiger partial charge in [-0.05, 0) is 29.7 Å². The molecule has 0 spiro atoms. The van der Waals surface area contributed by atoms with Crippen LogP contribution in [0.1, 0.15) is 5.56 Å². The average molecular weight is 395 g/mol. The number of hydrogen-bond acceptors (Lipinski definition) is 3. The molecule has 0 bridgehead atoms. The summed E-state index contributed by atoms with van der Waals surface area (Å²) in [6, 6.07) is 15.8. The number of hydrogen-bond donors (Lipinski definition) is 0. The fourth-order valence-electron chi connectivity index (χ4n) is 2.38. The predicted molar refractivity (Wildman–Crippen MR) is 101 cm³/mol. The van der Waals surface area contributed by atoms with Gasteiger partial charge in [0.25, 0.3) is 0 Å². The molecule has 0 radical (unpaired) electrons. The van der Waals surface area contributed by atoms with E-state index in [1.165, 1.54) is 23.9 Å². The zero-order valence-corrected chi connectivity index (χ0v) is 15.3. The highest BCUT2D eigenvalue weighted by atomic mass is 35.5. The Labute approximate surface area is 158 Å². The van der Waals surface area contributed by atoms with Crippen molar-refractivity contribution >= 4 is 51.7 Å². The molecular formula is C19H13Cl2FO2S. The van der Waals surface area contributed by atoms with E-state index in [0.29, 0.717) is 5.02 Å². The minimum Gasteiger partial charge on any atom is -0.460 e. The van der Waals surface area contributed by atoms with Crippen molar-refractivity contribution in [1.82, 2.24) is 0 Å². The Morgan fingerprint density at radius 2 is 1.68 bits per heavy atom. The van der Waals surface area contributed by atoms with Gasteiger partial charge in [-0.15, -0.1) is 11.8 Å². The molecule has 3 aromatic carbocycles. The van der Waals surface area contributed by atoms with E-state index in [4.69, 9.17) is 27.9 Å². The summed E-state index contributed by atoms with van der Waals surface area (Å²) < 4.78 is 18.8. The summed E-state index contributed by atoms with van der Waals surface area (Å²) in [5, 5.41) is 2.78. The van der Waals surface area contributed by atoms with Gasteiger partial charge in [-0.2, -0.15) is 0 Å². The van der Waals surface area contributed by atoms with E-state index in [9.17, 15) is 9.18 Å². The van der Waals surface area contributed by atoms with Crippen molar-refractivity contribution in [3.05, 3.63) is 76.0 Å². The standard InChI is InChI=1S/C19H13Cl2FO2S/c20-14-6-3-8-16(22)13(14)10-24-18(23)11-25-17-9-2-5-12-4-1-7-15(21)19(12)17/h1-9H,10-11H2. The van der Waals surface area contributed by atoms with Crippen LogP contribution >= 0.6 is 35.0 Å². The van der Waals surface area contributed by atoms with Crippen LogP contribution in [-0.2, 0) is 16.1 Å². The number of carbonyl (C=O) groups is 1.